The maximum Gasteiger partial charge on any atom is 0.416 e. The molecule has 39 heavy (non-hydrogen) atoms. The molecule has 0 saturated carbocycles. The van der Waals surface area contributed by atoms with Gasteiger partial charge in [0.2, 0.25) is 0 Å². The van der Waals surface area contributed by atoms with Crippen LogP contribution in [0.1, 0.15) is 37.5 Å². The molecule has 10 nitrogen and oxygen atoms in total. The summed E-state index contributed by atoms with van der Waals surface area (Å²) in [5, 5.41) is 13.1. The van der Waals surface area contributed by atoms with E-state index in [2.05, 4.69) is 35.8 Å². The minimum atomic E-state index is -4.73. The van der Waals surface area contributed by atoms with Gasteiger partial charge in [0.1, 0.15) is 18.0 Å². The Bertz CT molecular complexity index is 1550. The van der Waals surface area contributed by atoms with E-state index in [4.69, 9.17) is 0 Å². The molecule has 0 aliphatic rings. The number of methoxy groups -OCH3 is 1. The highest BCUT2D eigenvalue weighted by Gasteiger charge is 2.32. The molecule has 0 unspecified atom stereocenters. The number of anilines is 4. The van der Waals surface area contributed by atoms with Crippen molar-refractivity contribution in [1.82, 2.24) is 19.7 Å². The van der Waals surface area contributed by atoms with Gasteiger partial charge < -0.3 is 20.7 Å². The van der Waals surface area contributed by atoms with Crippen molar-refractivity contribution in [3.8, 4) is 5.82 Å². The number of carbonyl (C=O) groups excluding carboxylic acids is 2. The van der Waals surface area contributed by atoms with Crippen LogP contribution in [0.5, 0.6) is 0 Å². The van der Waals surface area contributed by atoms with Crippen molar-refractivity contribution in [3.63, 3.8) is 0 Å². The number of nitrogens with zero attached hydrogens (tertiary/aromatic N) is 4. The van der Waals surface area contributed by atoms with Crippen LogP contribution in [-0.2, 0) is 10.9 Å². The zero-order valence-electron chi connectivity index (χ0n) is 21.3. The van der Waals surface area contributed by atoms with Gasteiger partial charge in [-0.15, -0.1) is 0 Å². The van der Waals surface area contributed by atoms with Crippen LogP contribution < -0.4 is 16.0 Å². The van der Waals surface area contributed by atoms with E-state index < -0.39 is 23.6 Å². The molecule has 0 saturated heterocycles. The summed E-state index contributed by atoms with van der Waals surface area (Å²) < 4.78 is 46.3. The molecular formula is C26H24F3N7O3. The summed E-state index contributed by atoms with van der Waals surface area (Å²) in [5.74, 6) is 0.0269. The first kappa shape index (κ1) is 27.1. The number of halogens is 3. The van der Waals surface area contributed by atoms with E-state index in [1.807, 2.05) is 13.8 Å². The van der Waals surface area contributed by atoms with Crippen molar-refractivity contribution >= 4 is 34.9 Å². The molecule has 0 fully saturated rings. The van der Waals surface area contributed by atoms with Crippen LogP contribution in [0.2, 0.25) is 0 Å². The average molecular weight is 540 g/mol. The molecule has 4 rings (SSSR count). The molecule has 2 heterocycles. The highest BCUT2D eigenvalue weighted by atomic mass is 19.4. The molecule has 202 valence electrons. The van der Waals surface area contributed by atoms with Crippen molar-refractivity contribution in [2.24, 2.45) is 0 Å². The fourth-order valence-corrected chi connectivity index (χ4v) is 3.70. The van der Waals surface area contributed by atoms with Crippen molar-refractivity contribution in [2.45, 2.75) is 20.0 Å². The lowest BCUT2D eigenvalue weighted by molar-refractivity contribution is -0.137. The second-order valence-electron chi connectivity index (χ2n) is 8.49. The zero-order valence-corrected chi connectivity index (χ0v) is 21.3. The minimum absolute atomic E-state index is 0.169. The van der Waals surface area contributed by atoms with E-state index in [0.29, 0.717) is 34.9 Å². The van der Waals surface area contributed by atoms with E-state index in [1.54, 1.807) is 36.0 Å². The largest absolute Gasteiger partial charge is 0.465 e. The number of nitrogens with one attached hydrogen (secondary N) is 3. The van der Waals surface area contributed by atoms with Crippen LogP contribution in [0.4, 0.5) is 36.2 Å². The number of carbonyl (C=O) groups is 2. The van der Waals surface area contributed by atoms with E-state index >= 15 is 0 Å². The van der Waals surface area contributed by atoms with Gasteiger partial charge in [-0.2, -0.15) is 23.0 Å². The number of hydrogen-bond acceptors (Lipinski definition) is 8. The van der Waals surface area contributed by atoms with Gasteiger partial charge in [-0.05, 0) is 49.7 Å². The second kappa shape index (κ2) is 10.8. The molecule has 1 amide bonds. The smallest absolute Gasteiger partial charge is 0.416 e. The Kier molecular flexibility index (Phi) is 7.51. The fourth-order valence-electron chi connectivity index (χ4n) is 3.70. The highest BCUT2D eigenvalue weighted by Crippen LogP contribution is 2.32. The summed E-state index contributed by atoms with van der Waals surface area (Å²) in [4.78, 5) is 33.3. The quantitative estimate of drug-likeness (QED) is 0.277. The number of ether oxygens (including phenoxy) is 1. The number of aryl methyl sites for hydroxylation is 2. The van der Waals surface area contributed by atoms with E-state index in [1.165, 1.54) is 12.4 Å². The Morgan fingerprint density at radius 2 is 1.74 bits per heavy atom. The number of amides is 1. The molecule has 4 aromatic rings. The summed E-state index contributed by atoms with van der Waals surface area (Å²) >= 11 is 0. The van der Waals surface area contributed by atoms with Gasteiger partial charge in [-0.3, -0.25) is 4.79 Å². The van der Waals surface area contributed by atoms with Crippen LogP contribution in [0, 0.1) is 13.8 Å². The van der Waals surface area contributed by atoms with Crippen LogP contribution >= 0.6 is 0 Å². The highest BCUT2D eigenvalue weighted by molar-refractivity contribution is 6.05. The van der Waals surface area contributed by atoms with Crippen molar-refractivity contribution in [1.29, 1.82) is 0 Å². The molecule has 0 atom stereocenters. The van der Waals surface area contributed by atoms with Gasteiger partial charge in [0, 0.05) is 36.1 Å². The summed E-state index contributed by atoms with van der Waals surface area (Å²) in [6, 6.07) is 10.8. The first-order valence-corrected chi connectivity index (χ1v) is 11.5. The topological polar surface area (TPSA) is 123 Å². The third-order valence-electron chi connectivity index (χ3n) is 5.66. The predicted octanol–water partition coefficient (Wildman–Crippen LogP) is 5.12. The molecule has 0 aliphatic carbocycles. The Labute approximate surface area is 221 Å². The molecular weight excluding hydrogens is 515 g/mol. The van der Waals surface area contributed by atoms with Crippen molar-refractivity contribution in [2.75, 3.05) is 30.1 Å². The zero-order chi connectivity index (χ0) is 28.3. The first-order valence-electron chi connectivity index (χ1n) is 11.5. The molecule has 2 aromatic carbocycles. The van der Waals surface area contributed by atoms with Crippen LogP contribution in [-0.4, -0.2) is 45.8 Å². The monoisotopic (exact) mass is 539 g/mol. The molecule has 13 heteroatoms. The van der Waals surface area contributed by atoms with Crippen LogP contribution in [0.15, 0.2) is 54.9 Å². The first-order chi connectivity index (χ1) is 18.5. The third kappa shape index (κ3) is 6.14. The number of hydrogen-bond donors (Lipinski definition) is 3. The van der Waals surface area contributed by atoms with Gasteiger partial charge >= 0.3 is 12.1 Å². The van der Waals surface area contributed by atoms with Gasteiger partial charge in [0.15, 0.2) is 5.82 Å². The van der Waals surface area contributed by atoms with E-state index in [9.17, 15) is 22.8 Å². The van der Waals surface area contributed by atoms with Crippen LogP contribution in [0.3, 0.4) is 0 Å². The number of aromatic nitrogens is 4. The molecule has 3 N–H and O–H groups in total. The van der Waals surface area contributed by atoms with Crippen molar-refractivity contribution < 1.29 is 27.5 Å². The van der Waals surface area contributed by atoms with Gasteiger partial charge in [-0.1, -0.05) is 6.07 Å². The van der Waals surface area contributed by atoms with E-state index in [0.717, 1.165) is 24.8 Å². The molecule has 0 radical (unpaired) electrons. The van der Waals surface area contributed by atoms with Crippen molar-refractivity contribution in [3.05, 3.63) is 82.8 Å². The standard InChI is InChI=1S/C26H24F3N7O3/c1-14-5-6-16(24(37)33-19-9-17(25(38)39-4)8-18(11-19)26(27,28)29)10-20(14)34-23-7-15(2)35-36(23)22-12-21(30-3)31-13-32-22/h5-13,34H,1-4H3,(H,33,37)(H,30,31,32). The minimum Gasteiger partial charge on any atom is -0.465 e. The maximum atomic E-state index is 13.4. The Balaban J connectivity index is 1.63. The lowest BCUT2D eigenvalue weighted by atomic mass is 10.1. The predicted molar refractivity (Wildman–Crippen MR) is 139 cm³/mol. The van der Waals surface area contributed by atoms with E-state index in [-0.39, 0.29) is 16.8 Å². The van der Waals surface area contributed by atoms with Gasteiger partial charge in [-0.25, -0.2) is 14.8 Å². The second-order valence-corrected chi connectivity index (χ2v) is 8.49. The SMILES string of the molecule is CNc1cc(-n2nc(C)cc2Nc2cc(C(=O)Nc3cc(C(=O)OC)cc(C(F)(F)F)c3)ccc2C)ncn1. The third-order valence-corrected chi connectivity index (χ3v) is 5.66. The fraction of sp³-hybridized carbons (Fsp3) is 0.192. The summed E-state index contributed by atoms with van der Waals surface area (Å²) in [5.41, 5.74) is 0.587. The van der Waals surface area contributed by atoms with Crippen LogP contribution in [0.25, 0.3) is 5.82 Å². The van der Waals surface area contributed by atoms with Gasteiger partial charge in [0.05, 0.1) is 23.9 Å². The molecule has 2 aromatic heterocycles. The summed E-state index contributed by atoms with van der Waals surface area (Å²) in [6.45, 7) is 3.65. The molecule has 0 bridgehead atoms. The molecule has 0 aliphatic heterocycles. The summed E-state index contributed by atoms with van der Waals surface area (Å²) in [7, 11) is 2.79. The Hall–Kier alpha value is -4.94. The Morgan fingerprint density at radius 3 is 2.44 bits per heavy atom. The lowest BCUT2D eigenvalue weighted by Gasteiger charge is -2.14. The number of esters is 1. The Morgan fingerprint density at radius 1 is 0.974 bits per heavy atom. The maximum absolute atomic E-state index is 13.4. The number of alkyl halides is 3. The lowest BCUT2D eigenvalue weighted by Crippen LogP contribution is -2.15. The normalized spacial score (nSPS) is 11.2. The number of rotatable bonds is 7. The number of benzene rings is 2. The summed E-state index contributed by atoms with van der Waals surface area (Å²) in [6.07, 6.45) is -3.33. The average Bonchev–Trinajstić information content (AvgIpc) is 3.28. The molecule has 0 spiro atoms. The van der Waals surface area contributed by atoms with Gasteiger partial charge in [0.25, 0.3) is 5.91 Å².